The largest absolute Gasteiger partial charge is 0.396 e. The van der Waals surface area contributed by atoms with Crippen LogP contribution in [0.2, 0.25) is 0 Å². The molecular weight excluding hydrogens is 350 g/mol. The van der Waals surface area contributed by atoms with Crippen molar-refractivity contribution in [3.8, 4) is 0 Å². The van der Waals surface area contributed by atoms with Crippen molar-refractivity contribution in [2.75, 3.05) is 44.2 Å². The zero-order valence-electron chi connectivity index (χ0n) is 17.2. The van der Waals surface area contributed by atoms with Crippen LogP contribution < -0.4 is 4.90 Å². The monoisotopic (exact) mass is 383 g/mol. The van der Waals surface area contributed by atoms with Crippen LogP contribution in [0.1, 0.15) is 33.1 Å². The molecule has 28 heavy (non-hydrogen) atoms. The molecule has 2 fully saturated rings. The molecule has 0 aliphatic carbocycles. The van der Waals surface area contributed by atoms with Crippen molar-refractivity contribution in [1.29, 1.82) is 0 Å². The van der Waals surface area contributed by atoms with Crippen molar-refractivity contribution < 1.29 is 5.11 Å². The van der Waals surface area contributed by atoms with Crippen LogP contribution in [-0.2, 0) is 0 Å². The van der Waals surface area contributed by atoms with Crippen LogP contribution >= 0.6 is 0 Å². The second-order valence-corrected chi connectivity index (χ2v) is 8.43. The van der Waals surface area contributed by atoms with Crippen LogP contribution in [0.25, 0.3) is 11.0 Å². The quantitative estimate of drug-likeness (QED) is 0.856. The maximum atomic E-state index is 9.67. The van der Waals surface area contributed by atoms with Crippen molar-refractivity contribution in [2.45, 2.75) is 51.2 Å². The van der Waals surface area contributed by atoms with E-state index >= 15 is 0 Å². The van der Waals surface area contributed by atoms with E-state index in [1.807, 2.05) is 30.5 Å². The molecule has 152 valence electrons. The van der Waals surface area contributed by atoms with E-state index in [0.29, 0.717) is 18.1 Å². The van der Waals surface area contributed by atoms with E-state index in [0.717, 1.165) is 42.9 Å². The Kier molecular flexibility index (Phi) is 6.09. The number of fused-ring (bicyclic) bond motifs is 1. The molecule has 0 spiro atoms. The summed E-state index contributed by atoms with van der Waals surface area (Å²) in [5.74, 6) is 0.955. The number of benzene rings is 1. The number of aromatic nitrogens is 2. The number of hydrogen-bond acceptors (Lipinski definition) is 6. The number of aliphatic hydroxyl groups excluding tert-OH is 1. The smallest absolute Gasteiger partial charge is 0.147 e. The summed E-state index contributed by atoms with van der Waals surface area (Å²) in [5.41, 5.74) is 1.89. The van der Waals surface area contributed by atoms with Crippen molar-refractivity contribution >= 4 is 16.9 Å². The summed E-state index contributed by atoms with van der Waals surface area (Å²) in [7, 11) is 0. The summed E-state index contributed by atoms with van der Waals surface area (Å²) in [6.07, 6.45) is 5.18. The summed E-state index contributed by atoms with van der Waals surface area (Å²) < 4.78 is 0. The van der Waals surface area contributed by atoms with Crippen molar-refractivity contribution in [1.82, 2.24) is 19.8 Å². The van der Waals surface area contributed by atoms with Crippen molar-refractivity contribution in [3.63, 3.8) is 0 Å². The first-order chi connectivity index (χ1) is 13.7. The molecule has 1 atom stereocenters. The third kappa shape index (κ3) is 4.14. The lowest BCUT2D eigenvalue weighted by atomic mass is 9.97. The van der Waals surface area contributed by atoms with E-state index < -0.39 is 0 Å². The highest BCUT2D eigenvalue weighted by Crippen LogP contribution is 2.26. The highest BCUT2D eigenvalue weighted by molar-refractivity contribution is 5.75. The second kappa shape index (κ2) is 8.72. The Balaban J connectivity index is 1.45. The SMILES string of the molecule is CC(C)N1CCC(N2CCN(c3cnc4ccccc4n3)CC2CCO)CC1. The second-order valence-electron chi connectivity index (χ2n) is 8.43. The predicted octanol–water partition coefficient (Wildman–Crippen LogP) is 2.38. The van der Waals surface area contributed by atoms with Crippen LogP contribution in [0.15, 0.2) is 30.5 Å². The molecule has 1 N–H and O–H groups in total. The van der Waals surface area contributed by atoms with Gasteiger partial charge in [-0.1, -0.05) is 12.1 Å². The third-order valence-corrected chi connectivity index (χ3v) is 6.45. The topological polar surface area (TPSA) is 55.7 Å². The Labute approximate surface area is 168 Å². The molecule has 0 bridgehead atoms. The average Bonchev–Trinajstić information content (AvgIpc) is 2.74. The molecule has 0 amide bonds. The average molecular weight is 384 g/mol. The molecule has 0 saturated carbocycles. The molecule has 1 unspecified atom stereocenters. The Hall–Kier alpha value is -1.76. The first-order valence-electron chi connectivity index (χ1n) is 10.7. The van der Waals surface area contributed by atoms with Crippen molar-refractivity contribution in [3.05, 3.63) is 30.5 Å². The Bertz CT molecular complexity index is 774. The van der Waals surface area contributed by atoms with Gasteiger partial charge in [0.1, 0.15) is 5.82 Å². The van der Waals surface area contributed by atoms with E-state index in [1.54, 1.807) is 0 Å². The number of nitrogens with zero attached hydrogens (tertiary/aromatic N) is 5. The zero-order chi connectivity index (χ0) is 19.5. The van der Waals surface area contributed by atoms with Gasteiger partial charge >= 0.3 is 0 Å². The normalized spacial score (nSPS) is 23.0. The fourth-order valence-corrected chi connectivity index (χ4v) is 4.80. The minimum atomic E-state index is 0.239. The van der Waals surface area contributed by atoms with Crippen LogP contribution in [0, 0.1) is 0 Å². The molecule has 2 saturated heterocycles. The summed E-state index contributed by atoms with van der Waals surface area (Å²) in [6.45, 7) is 10.1. The van der Waals surface area contributed by atoms with Gasteiger partial charge in [0, 0.05) is 44.4 Å². The minimum Gasteiger partial charge on any atom is -0.396 e. The number of aliphatic hydroxyl groups is 1. The molecule has 1 aromatic carbocycles. The third-order valence-electron chi connectivity index (χ3n) is 6.45. The highest BCUT2D eigenvalue weighted by atomic mass is 16.3. The number of hydrogen-bond donors (Lipinski definition) is 1. The molecule has 6 heteroatoms. The van der Waals surface area contributed by atoms with Gasteiger partial charge < -0.3 is 14.9 Å². The Morgan fingerprint density at radius 3 is 2.54 bits per heavy atom. The van der Waals surface area contributed by atoms with Gasteiger partial charge in [-0.3, -0.25) is 9.88 Å². The number of likely N-dealkylation sites (tertiary alicyclic amines) is 1. The van der Waals surface area contributed by atoms with E-state index in [1.165, 1.54) is 25.9 Å². The Morgan fingerprint density at radius 1 is 1.07 bits per heavy atom. The predicted molar refractivity (Wildman–Crippen MR) is 114 cm³/mol. The van der Waals surface area contributed by atoms with Gasteiger partial charge in [0.25, 0.3) is 0 Å². The van der Waals surface area contributed by atoms with Crippen LogP contribution in [-0.4, -0.2) is 82.3 Å². The van der Waals surface area contributed by atoms with Gasteiger partial charge in [0.2, 0.25) is 0 Å². The van der Waals surface area contributed by atoms with Gasteiger partial charge in [0.15, 0.2) is 0 Å². The standard InChI is InChI=1S/C22H33N5O/c1-17(2)25-10-7-18(8-11-25)27-13-12-26(16-19(27)9-14-28)22-15-23-20-5-3-4-6-21(20)24-22/h3-6,15,17-19,28H,7-14,16H2,1-2H3. The minimum absolute atomic E-state index is 0.239. The lowest BCUT2D eigenvalue weighted by molar-refractivity contribution is 0.0463. The zero-order valence-corrected chi connectivity index (χ0v) is 17.2. The molecule has 1 aromatic heterocycles. The lowest BCUT2D eigenvalue weighted by Crippen LogP contribution is -2.59. The van der Waals surface area contributed by atoms with E-state index in [4.69, 9.17) is 4.98 Å². The number of piperazine rings is 1. The Morgan fingerprint density at radius 2 is 1.82 bits per heavy atom. The number of para-hydroxylation sites is 2. The molecule has 6 nitrogen and oxygen atoms in total. The molecule has 0 radical (unpaired) electrons. The molecule has 2 aliphatic rings. The summed E-state index contributed by atoms with van der Waals surface area (Å²) in [5, 5.41) is 9.67. The van der Waals surface area contributed by atoms with E-state index in [-0.39, 0.29) is 6.61 Å². The molecule has 3 heterocycles. The van der Waals surface area contributed by atoms with Gasteiger partial charge in [-0.2, -0.15) is 0 Å². The molecule has 2 aliphatic heterocycles. The maximum absolute atomic E-state index is 9.67. The summed E-state index contributed by atoms with van der Waals surface area (Å²) >= 11 is 0. The van der Waals surface area contributed by atoms with Crippen LogP contribution in [0.3, 0.4) is 0 Å². The molecule has 2 aromatic rings. The van der Waals surface area contributed by atoms with Crippen molar-refractivity contribution in [2.24, 2.45) is 0 Å². The number of piperidine rings is 1. The first-order valence-corrected chi connectivity index (χ1v) is 10.7. The van der Waals surface area contributed by atoms with E-state index in [9.17, 15) is 5.11 Å². The molecule has 4 rings (SSSR count). The van der Waals surface area contributed by atoms with Gasteiger partial charge in [-0.05, 0) is 58.3 Å². The summed E-state index contributed by atoms with van der Waals surface area (Å²) in [4.78, 5) is 17.0. The lowest BCUT2D eigenvalue weighted by Gasteiger charge is -2.48. The summed E-state index contributed by atoms with van der Waals surface area (Å²) in [6, 6.07) is 9.68. The van der Waals surface area contributed by atoms with Crippen LogP contribution in [0.5, 0.6) is 0 Å². The number of anilines is 1. The highest BCUT2D eigenvalue weighted by Gasteiger charge is 2.34. The van der Waals surface area contributed by atoms with E-state index in [2.05, 4.69) is 33.5 Å². The van der Waals surface area contributed by atoms with Gasteiger partial charge in [-0.15, -0.1) is 0 Å². The molecular formula is C22H33N5O. The fraction of sp³-hybridized carbons (Fsp3) is 0.636. The van der Waals surface area contributed by atoms with Gasteiger partial charge in [0.05, 0.1) is 17.2 Å². The van der Waals surface area contributed by atoms with Crippen LogP contribution in [0.4, 0.5) is 5.82 Å². The fourth-order valence-electron chi connectivity index (χ4n) is 4.80. The van der Waals surface area contributed by atoms with Gasteiger partial charge in [-0.25, -0.2) is 4.98 Å². The first kappa shape index (κ1) is 19.6. The number of rotatable bonds is 5. The maximum Gasteiger partial charge on any atom is 0.147 e.